The van der Waals surface area contributed by atoms with Gasteiger partial charge in [-0.1, -0.05) is 11.2 Å². The minimum absolute atomic E-state index is 0.196. The van der Waals surface area contributed by atoms with Gasteiger partial charge in [-0.3, -0.25) is 4.79 Å². The molecular weight excluding hydrogens is 274 g/mol. The van der Waals surface area contributed by atoms with Crippen molar-refractivity contribution in [1.29, 1.82) is 0 Å². The second-order valence-corrected chi connectivity index (χ2v) is 3.95. The Morgan fingerprint density at radius 1 is 1.50 bits per heavy atom. The highest BCUT2D eigenvalue weighted by atomic mass is 79.9. The Labute approximate surface area is 100.0 Å². The van der Waals surface area contributed by atoms with Crippen LogP contribution >= 0.6 is 15.9 Å². The zero-order valence-corrected chi connectivity index (χ0v) is 9.98. The lowest BCUT2D eigenvalue weighted by Gasteiger charge is -2.02. The van der Waals surface area contributed by atoms with E-state index in [1.165, 1.54) is 6.20 Å². The number of rotatable bonds is 2. The second kappa shape index (κ2) is 4.44. The molecule has 1 N–H and O–H groups in total. The first-order valence-electron chi connectivity index (χ1n) is 4.52. The van der Waals surface area contributed by atoms with Crippen LogP contribution in [0.15, 0.2) is 33.5 Å². The van der Waals surface area contributed by atoms with Gasteiger partial charge < -0.3 is 9.84 Å². The topological polar surface area (TPSA) is 68.0 Å². The van der Waals surface area contributed by atoms with Gasteiger partial charge in [-0.15, -0.1) is 0 Å². The number of aromatic nitrogens is 2. The number of hydrogen-bond acceptors (Lipinski definition) is 4. The lowest BCUT2D eigenvalue weighted by Crippen LogP contribution is -2.13. The number of aryl methyl sites for hydroxylation is 1. The fourth-order valence-electron chi connectivity index (χ4n) is 1.16. The summed E-state index contributed by atoms with van der Waals surface area (Å²) < 4.78 is 5.48. The first kappa shape index (κ1) is 10.8. The molecule has 5 nitrogen and oxygen atoms in total. The fourth-order valence-corrected chi connectivity index (χ4v) is 1.50. The SMILES string of the molecule is Cc1cnoc1C(=O)Nc1cccc(Br)n1. The lowest BCUT2D eigenvalue weighted by molar-refractivity contribution is 0.0986. The number of carbonyl (C=O) groups excluding carboxylic acids is 1. The predicted molar refractivity (Wildman–Crippen MR) is 61.1 cm³/mol. The molecule has 2 rings (SSSR count). The maximum atomic E-state index is 11.7. The van der Waals surface area contributed by atoms with Crippen LogP contribution < -0.4 is 5.32 Å². The highest BCUT2D eigenvalue weighted by Crippen LogP contribution is 2.12. The molecule has 0 saturated heterocycles. The van der Waals surface area contributed by atoms with E-state index in [0.29, 0.717) is 16.0 Å². The predicted octanol–water partition coefficient (Wildman–Crippen LogP) is 2.39. The molecule has 0 unspecified atom stereocenters. The van der Waals surface area contributed by atoms with Crippen LogP contribution in [0.1, 0.15) is 16.1 Å². The van der Waals surface area contributed by atoms with Crippen molar-refractivity contribution in [2.24, 2.45) is 0 Å². The standard InChI is InChI=1S/C10H8BrN3O2/c1-6-5-12-16-9(6)10(15)14-8-4-2-3-7(11)13-8/h2-5H,1H3,(H,13,14,15). The molecule has 0 aliphatic carbocycles. The maximum absolute atomic E-state index is 11.7. The molecule has 2 heterocycles. The number of anilines is 1. The van der Waals surface area contributed by atoms with Crippen molar-refractivity contribution in [3.8, 4) is 0 Å². The van der Waals surface area contributed by atoms with Crippen molar-refractivity contribution >= 4 is 27.7 Å². The maximum Gasteiger partial charge on any atom is 0.295 e. The van der Waals surface area contributed by atoms with Crippen LogP contribution in [-0.4, -0.2) is 16.0 Å². The monoisotopic (exact) mass is 281 g/mol. The van der Waals surface area contributed by atoms with Gasteiger partial charge in [0, 0.05) is 5.56 Å². The van der Waals surface area contributed by atoms with Gasteiger partial charge in [0.05, 0.1) is 6.20 Å². The number of hydrogen-bond donors (Lipinski definition) is 1. The van der Waals surface area contributed by atoms with Crippen LogP contribution in [0.5, 0.6) is 0 Å². The molecule has 0 aliphatic rings. The Bertz CT molecular complexity index is 524. The molecule has 0 aromatic carbocycles. The van der Waals surface area contributed by atoms with Gasteiger partial charge in [0.2, 0.25) is 5.76 Å². The van der Waals surface area contributed by atoms with Crippen LogP contribution in [0, 0.1) is 6.92 Å². The highest BCUT2D eigenvalue weighted by Gasteiger charge is 2.14. The quantitative estimate of drug-likeness (QED) is 0.859. The third-order valence-electron chi connectivity index (χ3n) is 1.91. The molecule has 0 bridgehead atoms. The summed E-state index contributed by atoms with van der Waals surface area (Å²) in [6.07, 6.45) is 1.49. The number of halogens is 1. The van der Waals surface area contributed by atoms with Crippen molar-refractivity contribution in [1.82, 2.24) is 10.1 Å². The van der Waals surface area contributed by atoms with Gasteiger partial charge in [0.1, 0.15) is 10.4 Å². The summed E-state index contributed by atoms with van der Waals surface area (Å²) in [5, 5.41) is 6.15. The first-order valence-corrected chi connectivity index (χ1v) is 5.31. The number of carbonyl (C=O) groups is 1. The highest BCUT2D eigenvalue weighted by molar-refractivity contribution is 9.10. The van der Waals surface area contributed by atoms with E-state index in [1.54, 1.807) is 25.1 Å². The summed E-state index contributed by atoms with van der Waals surface area (Å²) in [7, 11) is 0. The van der Waals surface area contributed by atoms with E-state index in [1.807, 2.05) is 0 Å². The van der Waals surface area contributed by atoms with Crippen molar-refractivity contribution in [2.75, 3.05) is 5.32 Å². The fraction of sp³-hybridized carbons (Fsp3) is 0.100. The molecule has 16 heavy (non-hydrogen) atoms. The van der Waals surface area contributed by atoms with Gasteiger partial charge in [-0.2, -0.15) is 0 Å². The third kappa shape index (κ3) is 2.27. The summed E-state index contributed by atoms with van der Waals surface area (Å²) in [6.45, 7) is 1.75. The summed E-state index contributed by atoms with van der Waals surface area (Å²) in [5.41, 5.74) is 0.687. The minimum Gasteiger partial charge on any atom is -0.351 e. The van der Waals surface area contributed by atoms with Gasteiger partial charge in [-0.25, -0.2) is 4.98 Å². The minimum atomic E-state index is -0.361. The summed E-state index contributed by atoms with van der Waals surface area (Å²) in [6, 6.07) is 5.24. The number of nitrogens with one attached hydrogen (secondary N) is 1. The molecule has 0 radical (unpaired) electrons. The van der Waals surface area contributed by atoms with E-state index in [9.17, 15) is 4.79 Å². The Morgan fingerprint density at radius 2 is 2.31 bits per heavy atom. The summed E-state index contributed by atoms with van der Waals surface area (Å²) in [4.78, 5) is 15.8. The van der Waals surface area contributed by atoms with Crippen molar-refractivity contribution in [3.63, 3.8) is 0 Å². The van der Waals surface area contributed by atoms with E-state index in [2.05, 4.69) is 31.4 Å². The molecule has 2 aromatic rings. The van der Waals surface area contributed by atoms with E-state index in [0.717, 1.165) is 0 Å². The average Bonchev–Trinajstić information content (AvgIpc) is 2.64. The molecule has 2 aromatic heterocycles. The molecule has 0 atom stereocenters. The molecule has 82 valence electrons. The first-order chi connectivity index (χ1) is 7.66. The molecule has 6 heteroatoms. The van der Waals surface area contributed by atoms with Crippen molar-refractivity contribution in [2.45, 2.75) is 6.92 Å². The lowest BCUT2D eigenvalue weighted by atomic mass is 10.3. The van der Waals surface area contributed by atoms with Gasteiger partial charge in [0.15, 0.2) is 0 Å². The Kier molecular flexibility index (Phi) is 3.00. The van der Waals surface area contributed by atoms with E-state index < -0.39 is 0 Å². The molecule has 0 spiro atoms. The van der Waals surface area contributed by atoms with E-state index in [4.69, 9.17) is 4.52 Å². The summed E-state index contributed by atoms with van der Waals surface area (Å²) >= 11 is 3.22. The van der Waals surface area contributed by atoms with Crippen LogP contribution in [-0.2, 0) is 0 Å². The molecule has 1 amide bonds. The van der Waals surface area contributed by atoms with E-state index in [-0.39, 0.29) is 11.7 Å². The Morgan fingerprint density at radius 3 is 2.94 bits per heavy atom. The largest absolute Gasteiger partial charge is 0.351 e. The third-order valence-corrected chi connectivity index (χ3v) is 2.35. The Balaban J connectivity index is 2.17. The molecule has 0 fully saturated rings. The number of pyridine rings is 1. The van der Waals surface area contributed by atoms with Crippen LogP contribution in [0.25, 0.3) is 0 Å². The van der Waals surface area contributed by atoms with E-state index >= 15 is 0 Å². The Hall–Kier alpha value is -1.69. The average molecular weight is 282 g/mol. The normalized spacial score (nSPS) is 10.1. The zero-order chi connectivity index (χ0) is 11.5. The smallest absolute Gasteiger partial charge is 0.295 e. The molecule has 0 saturated carbocycles. The number of nitrogens with zero attached hydrogens (tertiary/aromatic N) is 2. The number of amides is 1. The molecule has 0 aliphatic heterocycles. The van der Waals surface area contributed by atoms with Crippen molar-refractivity contribution in [3.05, 3.63) is 40.3 Å². The van der Waals surface area contributed by atoms with Gasteiger partial charge >= 0.3 is 0 Å². The summed E-state index contributed by atoms with van der Waals surface area (Å²) in [5.74, 6) is 0.289. The van der Waals surface area contributed by atoms with Gasteiger partial charge in [-0.05, 0) is 35.0 Å². The second-order valence-electron chi connectivity index (χ2n) is 3.14. The van der Waals surface area contributed by atoms with Crippen LogP contribution in [0.3, 0.4) is 0 Å². The van der Waals surface area contributed by atoms with Gasteiger partial charge in [0.25, 0.3) is 5.91 Å². The van der Waals surface area contributed by atoms with Crippen LogP contribution in [0.2, 0.25) is 0 Å². The zero-order valence-electron chi connectivity index (χ0n) is 8.40. The van der Waals surface area contributed by atoms with Crippen molar-refractivity contribution < 1.29 is 9.32 Å². The van der Waals surface area contributed by atoms with Crippen LogP contribution in [0.4, 0.5) is 5.82 Å². The molecular formula is C10H8BrN3O2.